The molecule has 1 aromatic carbocycles. The number of halogens is 4. The minimum atomic E-state index is -4.68. The second kappa shape index (κ2) is 4.08. The monoisotopic (exact) mass is 270 g/mol. The minimum Gasteiger partial charge on any atom is -0.497 e. The Hall–Kier alpha value is -0.910. The van der Waals surface area contributed by atoms with E-state index < -0.39 is 6.36 Å². The minimum absolute atomic E-state index is 0.189. The number of benzene rings is 1. The lowest BCUT2D eigenvalue weighted by atomic mass is 10.3. The first kappa shape index (κ1) is 11.2. The average molecular weight is 271 g/mol. The molecule has 0 radical (unpaired) electrons. The normalized spacial score (nSPS) is 11.2. The Morgan fingerprint density at radius 1 is 1.29 bits per heavy atom. The first-order valence-electron chi connectivity index (χ1n) is 3.51. The molecule has 6 heteroatoms. The van der Waals surface area contributed by atoms with Gasteiger partial charge in [0, 0.05) is 0 Å². The molecule has 0 aliphatic heterocycles. The van der Waals surface area contributed by atoms with E-state index in [9.17, 15) is 13.2 Å². The van der Waals surface area contributed by atoms with E-state index in [1.54, 1.807) is 0 Å². The molecule has 2 nitrogen and oxygen atoms in total. The van der Waals surface area contributed by atoms with Gasteiger partial charge in [-0.2, -0.15) is 0 Å². The molecule has 0 amide bonds. The van der Waals surface area contributed by atoms with Gasteiger partial charge in [0.15, 0.2) is 0 Å². The topological polar surface area (TPSA) is 18.5 Å². The van der Waals surface area contributed by atoms with Gasteiger partial charge in [0.25, 0.3) is 0 Å². The van der Waals surface area contributed by atoms with Gasteiger partial charge in [-0.1, -0.05) is 0 Å². The molecule has 0 saturated carbocycles. The number of hydrogen-bond acceptors (Lipinski definition) is 2. The third kappa shape index (κ3) is 3.10. The lowest BCUT2D eigenvalue weighted by Crippen LogP contribution is -2.17. The predicted molar refractivity (Wildman–Crippen MR) is 47.4 cm³/mol. The molecule has 0 unspecified atom stereocenters. The highest BCUT2D eigenvalue weighted by Crippen LogP contribution is 2.32. The first-order valence-corrected chi connectivity index (χ1v) is 4.31. The molecule has 0 aliphatic rings. The fourth-order valence-corrected chi connectivity index (χ4v) is 1.25. The summed E-state index contributed by atoms with van der Waals surface area (Å²) in [5.74, 6) is 0.157. The molecule has 0 saturated heterocycles. The van der Waals surface area contributed by atoms with E-state index in [1.807, 2.05) is 0 Å². The average Bonchev–Trinajstić information content (AvgIpc) is 2.06. The summed E-state index contributed by atoms with van der Waals surface area (Å²) in [7, 11) is 1.42. The van der Waals surface area contributed by atoms with E-state index in [4.69, 9.17) is 4.74 Å². The predicted octanol–water partition coefficient (Wildman–Crippen LogP) is 3.36. The molecule has 14 heavy (non-hydrogen) atoms. The van der Waals surface area contributed by atoms with Crippen LogP contribution in [0.3, 0.4) is 0 Å². The third-order valence-corrected chi connectivity index (χ3v) is 1.98. The van der Waals surface area contributed by atoms with E-state index in [-0.39, 0.29) is 10.2 Å². The molecular formula is C8H6BrF3O2. The molecule has 1 aromatic rings. The Bertz CT molecular complexity index is 325. The summed E-state index contributed by atoms with van der Waals surface area (Å²) in [4.78, 5) is 0. The van der Waals surface area contributed by atoms with Gasteiger partial charge in [-0.05, 0) is 34.1 Å². The van der Waals surface area contributed by atoms with Crippen molar-refractivity contribution in [1.29, 1.82) is 0 Å². The number of ether oxygens (including phenoxy) is 2. The van der Waals surface area contributed by atoms with Crippen LogP contribution in [0.2, 0.25) is 0 Å². The smallest absolute Gasteiger partial charge is 0.497 e. The van der Waals surface area contributed by atoms with Gasteiger partial charge in [0.05, 0.1) is 11.6 Å². The zero-order valence-corrected chi connectivity index (χ0v) is 8.65. The number of alkyl halides is 3. The quantitative estimate of drug-likeness (QED) is 0.821. The summed E-state index contributed by atoms with van der Waals surface area (Å²) in [6, 6.07) is 3.95. The van der Waals surface area contributed by atoms with Crippen LogP contribution in [-0.2, 0) is 0 Å². The summed E-state index contributed by atoms with van der Waals surface area (Å²) in [6.45, 7) is 0. The van der Waals surface area contributed by atoms with E-state index in [0.29, 0.717) is 5.75 Å². The van der Waals surface area contributed by atoms with E-state index >= 15 is 0 Å². The Balaban J connectivity index is 2.89. The molecule has 78 valence electrons. The highest BCUT2D eigenvalue weighted by molar-refractivity contribution is 9.10. The fraction of sp³-hybridized carbons (Fsp3) is 0.250. The van der Waals surface area contributed by atoms with Crippen molar-refractivity contribution in [3.8, 4) is 11.5 Å². The fourth-order valence-electron chi connectivity index (χ4n) is 0.816. The van der Waals surface area contributed by atoms with Gasteiger partial charge in [0.2, 0.25) is 0 Å². The Kier molecular flexibility index (Phi) is 3.25. The standard InChI is InChI=1S/C8H6BrF3O2/c1-13-5-2-3-7(6(9)4-5)14-8(10,11)12/h2-4H,1H3. The van der Waals surface area contributed by atoms with Crippen LogP contribution in [0.1, 0.15) is 0 Å². The van der Waals surface area contributed by atoms with Crippen LogP contribution < -0.4 is 9.47 Å². The number of hydrogen-bond donors (Lipinski definition) is 0. The van der Waals surface area contributed by atoms with Crippen LogP contribution in [-0.4, -0.2) is 13.5 Å². The summed E-state index contributed by atoms with van der Waals surface area (Å²) in [5, 5.41) is 0. The zero-order chi connectivity index (χ0) is 10.8. The highest BCUT2D eigenvalue weighted by Gasteiger charge is 2.31. The maximum Gasteiger partial charge on any atom is 0.573 e. The van der Waals surface area contributed by atoms with Crippen LogP contribution in [0.4, 0.5) is 13.2 Å². The van der Waals surface area contributed by atoms with Crippen molar-refractivity contribution in [3.63, 3.8) is 0 Å². The van der Waals surface area contributed by atoms with Crippen molar-refractivity contribution in [2.75, 3.05) is 7.11 Å². The Morgan fingerprint density at radius 2 is 1.93 bits per heavy atom. The summed E-state index contributed by atoms with van der Waals surface area (Å²) in [6.07, 6.45) is -4.68. The molecule has 0 spiro atoms. The van der Waals surface area contributed by atoms with Crippen LogP contribution >= 0.6 is 15.9 Å². The second-order valence-corrected chi connectivity index (χ2v) is 3.20. The van der Waals surface area contributed by atoms with E-state index in [1.165, 1.54) is 25.3 Å². The first-order chi connectivity index (χ1) is 6.42. The van der Waals surface area contributed by atoms with Crippen LogP contribution in [0, 0.1) is 0 Å². The molecule has 0 bridgehead atoms. The van der Waals surface area contributed by atoms with Gasteiger partial charge >= 0.3 is 6.36 Å². The van der Waals surface area contributed by atoms with Gasteiger partial charge < -0.3 is 9.47 Å². The van der Waals surface area contributed by atoms with Crippen molar-refractivity contribution in [1.82, 2.24) is 0 Å². The Labute approximate surface area is 86.8 Å². The summed E-state index contributed by atoms with van der Waals surface area (Å²) in [5.41, 5.74) is 0. The van der Waals surface area contributed by atoms with Crippen molar-refractivity contribution < 1.29 is 22.6 Å². The van der Waals surface area contributed by atoms with Crippen molar-refractivity contribution >= 4 is 15.9 Å². The molecule has 0 N–H and O–H groups in total. The van der Waals surface area contributed by atoms with Crippen LogP contribution in [0.15, 0.2) is 22.7 Å². The van der Waals surface area contributed by atoms with Gasteiger partial charge in [0.1, 0.15) is 11.5 Å². The Morgan fingerprint density at radius 3 is 2.36 bits per heavy atom. The molecule has 0 heterocycles. The summed E-state index contributed by atoms with van der Waals surface area (Å²) < 4.78 is 44.2. The van der Waals surface area contributed by atoms with Gasteiger partial charge in [-0.15, -0.1) is 13.2 Å². The molecule has 0 aromatic heterocycles. The van der Waals surface area contributed by atoms with E-state index in [0.717, 1.165) is 0 Å². The lowest BCUT2D eigenvalue weighted by molar-refractivity contribution is -0.274. The zero-order valence-electron chi connectivity index (χ0n) is 7.06. The van der Waals surface area contributed by atoms with Crippen molar-refractivity contribution in [3.05, 3.63) is 22.7 Å². The SMILES string of the molecule is COc1ccc(OC(F)(F)F)c(Br)c1. The second-order valence-electron chi connectivity index (χ2n) is 2.34. The van der Waals surface area contributed by atoms with Gasteiger partial charge in [-0.3, -0.25) is 0 Å². The maximum absolute atomic E-state index is 11.8. The molecule has 0 atom stereocenters. The molecular weight excluding hydrogens is 265 g/mol. The summed E-state index contributed by atoms with van der Waals surface area (Å²) >= 11 is 2.94. The number of methoxy groups -OCH3 is 1. The third-order valence-electron chi connectivity index (χ3n) is 1.36. The van der Waals surface area contributed by atoms with Crippen LogP contribution in [0.25, 0.3) is 0 Å². The van der Waals surface area contributed by atoms with Crippen LogP contribution in [0.5, 0.6) is 11.5 Å². The van der Waals surface area contributed by atoms with Gasteiger partial charge in [-0.25, -0.2) is 0 Å². The van der Waals surface area contributed by atoms with E-state index in [2.05, 4.69) is 20.7 Å². The largest absolute Gasteiger partial charge is 0.573 e. The van der Waals surface area contributed by atoms with Crippen molar-refractivity contribution in [2.24, 2.45) is 0 Å². The van der Waals surface area contributed by atoms with Crippen molar-refractivity contribution in [2.45, 2.75) is 6.36 Å². The lowest BCUT2D eigenvalue weighted by Gasteiger charge is -2.10. The molecule has 1 rings (SSSR count). The maximum atomic E-state index is 11.8. The molecule has 0 aliphatic carbocycles. The number of rotatable bonds is 2. The molecule has 0 fully saturated rings. The highest BCUT2D eigenvalue weighted by atomic mass is 79.9.